The van der Waals surface area contributed by atoms with E-state index in [2.05, 4.69) is 10.6 Å². The molecule has 0 bridgehead atoms. The number of phenolic OH excluding ortho intramolecular Hbond substituents is 2. The van der Waals surface area contributed by atoms with Gasteiger partial charge in [0.25, 0.3) is 0 Å². The monoisotopic (exact) mass is 711 g/mol. The van der Waals surface area contributed by atoms with Crippen LogP contribution in [0.3, 0.4) is 0 Å². The SMILES string of the molecule is COc1cccc2c1C(=O)c1c(O)c3c(c(O)c1C2=O)CC(O)(C(C)=O)CC3OC1CC(NC(=O)C(CC(C)C)NC(=O)C(C)N)C(O)C(C)O1. The molecule has 8 N–H and O–H groups in total. The molecule has 5 rings (SSSR count). The standard InChI is InChI=1S/C36H45N3O12/c1-14(2)10-21(39-34(46)15(3)37)35(47)38-20-11-24(50-16(4)29(20)41)51-23-13-36(48,17(5)40)12-19-26(23)33(45)28-27(31(19)43)30(42)18-8-7-9-22(49-6)25(18)32(28)44/h7-9,14-16,20-21,23-24,29,41,43,45,48H,10-13,37H2,1-6H3,(H,38,47)(H,39,46). The number of aliphatic hydroxyl groups is 2. The molecule has 1 fully saturated rings. The average molecular weight is 712 g/mol. The van der Waals surface area contributed by atoms with Gasteiger partial charge in [-0.15, -0.1) is 0 Å². The molecule has 0 saturated carbocycles. The molecule has 276 valence electrons. The number of ketones is 3. The van der Waals surface area contributed by atoms with Gasteiger partial charge in [-0.25, -0.2) is 0 Å². The van der Waals surface area contributed by atoms with E-state index in [0.29, 0.717) is 0 Å². The second-order valence-electron chi connectivity index (χ2n) is 14.1. The highest BCUT2D eigenvalue weighted by atomic mass is 16.7. The Hall–Kier alpha value is -4.41. The number of ether oxygens (including phenoxy) is 3. The van der Waals surface area contributed by atoms with E-state index in [1.807, 2.05) is 13.8 Å². The number of carbonyl (C=O) groups excluding carboxylic acids is 5. The van der Waals surface area contributed by atoms with Crippen LogP contribution in [0.2, 0.25) is 0 Å². The van der Waals surface area contributed by atoms with Crippen molar-refractivity contribution in [3.05, 3.63) is 51.6 Å². The molecule has 0 aromatic heterocycles. The number of hydrogen-bond donors (Lipinski definition) is 7. The lowest BCUT2D eigenvalue weighted by atomic mass is 9.72. The summed E-state index contributed by atoms with van der Waals surface area (Å²) in [5.74, 6) is -4.62. The van der Waals surface area contributed by atoms with Crippen molar-refractivity contribution in [2.75, 3.05) is 7.11 Å². The molecule has 0 radical (unpaired) electrons. The molecule has 3 aliphatic rings. The van der Waals surface area contributed by atoms with Crippen LogP contribution in [0, 0.1) is 5.92 Å². The number of methoxy groups -OCH3 is 1. The van der Waals surface area contributed by atoms with E-state index in [9.17, 15) is 44.4 Å². The van der Waals surface area contributed by atoms with E-state index in [-0.39, 0.29) is 46.8 Å². The molecule has 8 atom stereocenters. The summed E-state index contributed by atoms with van der Waals surface area (Å²) in [6.07, 6.45) is -5.55. The molecule has 2 amide bonds. The van der Waals surface area contributed by atoms with E-state index in [1.165, 1.54) is 32.2 Å². The third kappa shape index (κ3) is 6.96. The van der Waals surface area contributed by atoms with Crippen molar-refractivity contribution >= 4 is 29.2 Å². The van der Waals surface area contributed by atoms with Gasteiger partial charge in [-0.3, -0.25) is 24.0 Å². The average Bonchev–Trinajstić information content (AvgIpc) is 3.06. The lowest BCUT2D eigenvalue weighted by molar-refractivity contribution is -0.249. The number of benzene rings is 2. The Morgan fingerprint density at radius 2 is 1.73 bits per heavy atom. The van der Waals surface area contributed by atoms with Crippen LogP contribution >= 0.6 is 0 Å². The van der Waals surface area contributed by atoms with Crippen LogP contribution in [-0.2, 0) is 30.3 Å². The number of nitrogens with one attached hydrogen (secondary N) is 2. The Bertz CT molecular complexity index is 1770. The second kappa shape index (κ2) is 14.3. The number of hydrogen-bond acceptors (Lipinski definition) is 13. The number of phenols is 2. The fraction of sp³-hybridized carbons (Fsp3) is 0.528. The summed E-state index contributed by atoms with van der Waals surface area (Å²) >= 11 is 0. The molecule has 8 unspecified atom stereocenters. The van der Waals surface area contributed by atoms with Crippen LogP contribution in [0.4, 0.5) is 0 Å². The number of aliphatic hydroxyl groups excluding tert-OH is 1. The minimum Gasteiger partial charge on any atom is -0.507 e. The number of carbonyl (C=O) groups is 5. The molecule has 0 spiro atoms. The maximum absolute atomic E-state index is 13.9. The van der Waals surface area contributed by atoms with E-state index >= 15 is 0 Å². The molecular weight excluding hydrogens is 666 g/mol. The highest BCUT2D eigenvalue weighted by Crippen LogP contribution is 2.52. The van der Waals surface area contributed by atoms with Gasteiger partial charge in [-0.05, 0) is 39.2 Å². The first kappa shape index (κ1) is 37.8. The maximum atomic E-state index is 13.9. The molecule has 1 aliphatic heterocycles. The fourth-order valence-corrected chi connectivity index (χ4v) is 7.06. The fourth-order valence-electron chi connectivity index (χ4n) is 7.06. The lowest BCUT2D eigenvalue weighted by Gasteiger charge is -2.43. The van der Waals surface area contributed by atoms with Crippen LogP contribution in [0.15, 0.2) is 18.2 Å². The predicted molar refractivity (Wildman–Crippen MR) is 179 cm³/mol. The van der Waals surface area contributed by atoms with Crippen molar-refractivity contribution in [1.29, 1.82) is 0 Å². The smallest absolute Gasteiger partial charge is 0.242 e. The predicted octanol–water partition coefficient (Wildman–Crippen LogP) is 1.06. The van der Waals surface area contributed by atoms with Crippen LogP contribution in [-0.4, -0.2) is 98.9 Å². The Morgan fingerprint density at radius 1 is 1.06 bits per heavy atom. The van der Waals surface area contributed by atoms with Gasteiger partial charge in [0.05, 0.1) is 48.1 Å². The summed E-state index contributed by atoms with van der Waals surface area (Å²) in [5, 5.41) is 51.2. The number of fused-ring (bicyclic) bond motifs is 3. The minimum atomic E-state index is -2.12. The summed E-state index contributed by atoms with van der Waals surface area (Å²) in [7, 11) is 1.32. The molecule has 51 heavy (non-hydrogen) atoms. The Labute approximate surface area is 294 Å². The van der Waals surface area contributed by atoms with Crippen molar-refractivity contribution in [2.24, 2.45) is 11.7 Å². The lowest BCUT2D eigenvalue weighted by Crippen LogP contribution is -2.59. The number of amides is 2. The molecule has 1 heterocycles. The summed E-state index contributed by atoms with van der Waals surface area (Å²) in [4.78, 5) is 66.2. The normalized spacial score (nSPS) is 26.7. The van der Waals surface area contributed by atoms with Crippen molar-refractivity contribution < 1.29 is 58.6 Å². The van der Waals surface area contributed by atoms with Gasteiger partial charge in [-0.2, -0.15) is 0 Å². The molecule has 2 aromatic rings. The van der Waals surface area contributed by atoms with Crippen molar-refractivity contribution in [2.45, 2.75) is 109 Å². The molecule has 2 aromatic carbocycles. The zero-order valence-electron chi connectivity index (χ0n) is 29.3. The van der Waals surface area contributed by atoms with Gasteiger partial charge in [0, 0.05) is 36.0 Å². The quantitative estimate of drug-likeness (QED) is 0.146. The van der Waals surface area contributed by atoms with Gasteiger partial charge >= 0.3 is 0 Å². The first-order valence-electron chi connectivity index (χ1n) is 16.9. The van der Waals surface area contributed by atoms with E-state index < -0.39 is 113 Å². The third-order valence-electron chi connectivity index (χ3n) is 9.83. The molecule has 2 aliphatic carbocycles. The van der Waals surface area contributed by atoms with Crippen molar-refractivity contribution in [3.8, 4) is 17.2 Å². The number of Topliss-reactive ketones (excluding diaryl/α,β-unsaturated/α-hetero) is 1. The summed E-state index contributed by atoms with van der Waals surface area (Å²) in [5.41, 5.74) is 2.15. The zero-order valence-corrected chi connectivity index (χ0v) is 29.3. The zero-order chi connectivity index (χ0) is 37.7. The van der Waals surface area contributed by atoms with Gasteiger partial charge < -0.3 is 51.0 Å². The third-order valence-corrected chi connectivity index (χ3v) is 9.83. The largest absolute Gasteiger partial charge is 0.507 e. The highest BCUT2D eigenvalue weighted by molar-refractivity contribution is 6.31. The van der Waals surface area contributed by atoms with Crippen molar-refractivity contribution in [3.63, 3.8) is 0 Å². The molecule has 15 nitrogen and oxygen atoms in total. The number of aromatic hydroxyl groups is 2. The van der Waals surface area contributed by atoms with Crippen LogP contribution < -0.4 is 21.1 Å². The minimum absolute atomic E-state index is 0.0155. The van der Waals surface area contributed by atoms with Gasteiger partial charge in [0.1, 0.15) is 35.0 Å². The molecule has 1 saturated heterocycles. The molecular formula is C36H45N3O12. The van der Waals surface area contributed by atoms with Crippen LogP contribution in [0.25, 0.3) is 0 Å². The van der Waals surface area contributed by atoms with Crippen molar-refractivity contribution in [1.82, 2.24) is 10.6 Å². The topological polar surface area (TPSA) is 244 Å². The van der Waals surface area contributed by atoms with E-state index in [0.717, 1.165) is 6.92 Å². The van der Waals surface area contributed by atoms with Crippen LogP contribution in [0.5, 0.6) is 17.2 Å². The highest BCUT2D eigenvalue weighted by Gasteiger charge is 2.49. The Balaban J connectivity index is 1.51. The Kier molecular flexibility index (Phi) is 10.6. The number of rotatable bonds is 10. The Morgan fingerprint density at radius 3 is 2.33 bits per heavy atom. The number of nitrogens with two attached hydrogens (primary N) is 1. The maximum Gasteiger partial charge on any atom is 0.242 e. The van der Waals surface area contributed by atoms with Gasteiger partial charge in [0.2, 0.25) is 17.6 Å². The van der Waals surface area contributed by atoms with Gasteiger partial charge in [-0.1, -0.05) is 26.0 Å². The first-order valence-corrected chi connectivity index (χ1v) is 16.9. The van der Waals surface area contributed by atoms with Gasteiger partial charge in [0.15, 0.2) is 17.9 Å². The summed E-state index contributed by atoms with van der Waals surface area (Å²) in [6, 6.07) is 1.58. The molecule has 15 heteroatoms. The van der Waals surface area contributed by atoms with E-state index in [1.54, 1.807) is 6.92 Å². The second-order valence-corrected chi connectivity index (χ2v) is 14.1. The summed E-state index contributed by atoms with van der Waals surface area (Å²) < 4.78 is 17.5. The first-order chi connectivity index (χ1) is 23.9. The summed E-state index contributed by atoms with van der Waals surface area (Å²) in [6.45, 7) is 7.92. The van der Waals surface area contributed by atoms with Crippen LogP contribution in [0.1, 0.15) is 103 Å². The van der Waals surface area contributed by atoms with E-state index in [4.69, 9.17) is 19.9 Å².